The van der Waals surface area contributed by atoms with Crippen molar-refractivity contribution in [3.63, 3.8) is 0 Å². The number of carbonyl (C=O) groups excluding carboxylic acids is 1. The van der Waals surface area contributed by atoms with E-state index in [1.54, 1.807) is 0 Å². The smallest absolute Gasteiger partial charge is 0.244 e. The molecule has 4 rings (SSSR count). The number of rotatable bonds is 3. The van der Waals surface area contributed by atoms with Gasteiger partial charge in [0, 0.05) is 6.04 Å². The molecular formula is C16H20N2O. The van der Waals surface area contributed by atoms with Crippen LogP contribution in [0.15, 0.2) is 24.3 Å². The quantitative estimate of drug-likeness (QED) is 0.900. The van der Waals surface area contributed by atoms with E-state index in [1.165, 1.54) is 24.0 Å². The van der Waals surface area contributed by atoms with Gasteiger partial charge in [-0.2, -0.15) is 0 Å². The number of aryl methyl sites for hydroxylation is 1. The van der Waals surface area contributed by atoms with Crippen molar-refractivity contribution in [1.29, 1.82) is 0 Å². The Kier molecular flexibility index (Phi) is 2.31. The van der Waals surface area contributed by atoms with Crippen LogP contribution < -0.4 is 5.32 Å². The van der Waals surface area contributed by atoms with E-state index in [0.717, 1.165) is 19.3 Å². The highest BCUT2D eigenvalue weighted by molar-refractivity contribution is 5.92. The third-order valence-electron chi connectivity index (χ3n) is 4.73. The number of hydrogen-bond acceptors (Lipinski definition) is 2. The number of amides is 1. The fourth-order valence-corrected chi connectivity index (χ4v) is 3.15. The molecule has 2 aliphatic carbocycles. The van der Waals surface area contributed by atoms with Crippen molar-refractivity contribution in [2.24, 2.45) is 0 Å². The Balaban J connectivity index is 1.66. The van der Waals surface area contributed by atoms with Gasteiger partial charge in [-0.25, -0.2) is 0 Å². The lowest BCUT2D eigenvalue weighted by molar-refractivity contribution is -0.131. The molecule has 1 saturated heterocycles. The Bertz CT molecular complexity index is 514. The van der Waals surface area contributed by atoms with Crippen LogP contribution in [0.5, 0.6) is 0 Å². The zero-order valence-corrected chi connectivity index (χ0v) is 11.4. The summed E-state index contributed by atoms with van der Waals surface area (Å²) in [6, 6.07) is 9.21. The molecule has 19 heavy (non-hydrogen) atoms. The minimum atomic E-state index is -0.198. The fourth-order valence-electron chi connectivity index (χ4n) is 3.15. The first-order valence-corrected chi connectivity index (χ1v) is 7.43. The normalized spacial score (nSPS) is 28.2. The van der Waals surface area contributed by atoms with E-state index in [9.17, 15) is 4.79 Å². The number of benzene rings is 1. The molecule has 1 unspecified atom stereocenters. The summed E-state index contributed by atoms with van der Waals surface area (Å²) in [5.41, 5.74) is 2.39. The van der Waals surface area contributed by atoms with Gasteiger partial charge in [0.2, 0.25) is 5.91 Å². The summed E-state index contributed by atoms with van der Waals surface area (Å²) < 4.78 is 0. The topological polar surface area (TPSA) is 32.3 Å². The van der Waals surface area contributed by atoms with Gasteiger partial charge in [0.25, 0.3) is 0 Å². The predicted octanol–water partition coefficient (Wildman–Crippen LogP) is 2.37. The molecule has 1 spiro atoms. The average molecular weight is 256 g/mol. The van der Waals surface area contributed by atoms with Gasteiger partial charge in [0.1, 0.15) is 11.7 Å². The van der Waals surface area contributed by atoms with Gasteiger partial charge in [0.15, 0.2) is 0 Å². The van der Waals surface area contributed by atoms with E-state index < -0.39 is 0 Å². The lowest BCUT2D eigenvalue weighted by Gasteiger charge is -2.24. The van der Waals surface area contributed by atoms with Crippen LogP contribution >= 0.6 is 0 Å². The molecule has 3 fully saturated rings. The van der Waals surface area contributed by atoms with E-state index in [1.807, 2.05) is 0 Å². The van der Waals surface area contributed by atoms with Crippen molar-refractivity contribution in [3.8, 4) is 0 Å². The summed E-state index contributed by atoms with van der Waals surface area (Å²) >= 11 is 0. The highest BCUT2D eigenvalue weighted by atomic mass is 16.2. The summed E-state index contributed by atoms with van der Waals surface area (Å²) in [6.07, 6.45) is 5.54. The molecule has 1 amide bonds. The van der Waals surface area contributed by atoms with Crippen LogP contribution in [0.1, 0.15) is 49.9 Å². The molecule has 1 N–H and O–H groups in total. The van der Waals surface area contributed by atoms with Gasteiger partial charge in [-0.15, -0.1) is 0 Å². The van der Waals surface area contributed by atoms with Crippen molar-refractivity contribution < 1.29 is 4.79 Å². The van der Waals surface area contributed by atoms with E-state index in [0.29, 0.717) is 11.9 Å². The second-order valence-corrected chi connectivity index (χ2v) is 6.17. The van der Waals surface area contributed by atoms with Crippen LogP contribution in [0.3, 0.4) is 0 Å². The fraction of sp³-hybridized carbons (Fsp3) is 0.562. The minimum absolute atomic E-state index is 0.105. The zero-order valence-electron chi connectivity index (χ0n) is 11.4. The van der Waals surface area contributed by atoms with Crippen LogP contribution in [0.25, 0.3) is 0 Å². The van der Waals surface area contributed by atoms with Crippen LogP contribution in [-0.4, -0.2) is 22.4 Å². The van der Waals surface area contributed by atoms with Crippen molar-refractivity contribution in [2.75, 3.05) is 0 Å². The molecule has 1 aromatic rings. The number of hydrogen-bond donors (Lipinski definition) is 1. The summed E-state index contributed by atoms with van der Waals surface area (Å²) in [5.74, 6) is 0.347. The number of carbonyl (C=O) groups is 1. The summed E-state index contributed by atoms with van der Waals surface area (Å²) in [7, 11) is 0. The van der Waals surface area contributed by atoms with Gasteiger partial charge in [0.05, 0.1) is 0 Å². The Hall–Kier alpha value is -1.35. The highest BCUT2D eigenvalue weighted by Crippen LogP contribution is 2.49. The molecular weight excluding hydrogens is 236 g/mol. The maximum absolute atomic E-state index is 12.5. The zero-order chi connectivity index (χ0) is 13.0. The molecule has 3 nitrogen and oxygen atoms in total. The molecule has 0 aromatic heterocycles. The van der Waals surface area contributed by atoms with E-state index in [2.05, 4.69) is 41.4 Å². The van der Waals surface area contributed by atoms with Crippen LogP contribution in [0.4, 0.5) is 0 Å². The highest BCUT2D eigenvalue weighted by Gasteiger charge is 2.61. The summed E-state index contributed by atoms with van der Waals surface area (Å²) in [5, 5.41) is 3.59. The van der Waals surface area contributed by atoms with E-state index in [4.69, 9.17) is 0 Å². The molecule has 3 heteroatoms. The van der Waals surface area contributed by atoms with Crippen LogP contribution in [-0.2, 0) is 11.2 Å². The molecule has 1 aromatic carbocycles. The second kappa shape index (κ2) is 3.83. The Morgan fingerprint density at radius 1 is 1.26 bits per heavy atom. The Morgan fingerprint density at radius 3 is 2.47 bits per heavy atom. The standard InChI is InChI=1S/C16H20N2O/c1-2-11-3-5-12(6-4-11)14-17-16(9-10-16)15(19)18(14)13-7-8-13/h3-6,13-14,17H,2,7-10H2,1H3. The third-order valence-corrected chi connectivity index (χ3v) is 4.73. The van der Waals surface area contributed by atoms with Gasteiger partial charge in [-0.3, -0.25) is 10.1 Å². The third kappa shape index (κ3) is 1.71. The van der Waals surface area contributed by atoms with Crippen molar-refractivity contribution in [1.82, 2.24) is 10.2 Å². The largest absolute Gasteiger partial charge is 0.318 e. The molecule has 1 atom stereocenters. The maximum Gasteiger partial charge on any atom is 0.244 e. The molecule has 2 saturated carbocycles. The molecule has 1 aliphatic heterocycles. The van der Waals surface area contributed by atoms with E-state index >= 15 is 0 Å². The number of nitrogens with one attached hydrogen (secondary N) is 1. The SMILES string of the molecule is CCc1ccc(C2NC3(CC3)C(=O)N2C2CC2)cc1. The van der Waals surface area contributed by atoms with Crippen molar-refractivity contribution in [3.05, 3.63) is 35.4 Å². The molecule has 0 bridgehead atoms. The summed E-state index contributed by atoms with van der Waals surface area (Å²) in [6.45, 7) is 2.17. The Labute approximate surface area is 114 Å². The predicted molar refractivity (Wildman–Crippen MR) is 73.5 cm³/mol. The lowest BCUT2D eigenvalue weighted by atomic mass is 10.1. The molecule has 3 aliphatic rings. The molecule has 100 valence electrons. The first-order chi connectivity index (χ1) is 9.23. The van der Waals surface area contributed by atoms with Crippen molar-refractivity contribution >= 4 is 5.91 Å². The molecule has 1 heterocycles. The monoisotopic (exact) mass is 256 g/mol. The average Bonchev–Trinajstić information content (AvgIpc) is 3.33. The molecule has 0 radical (unpaired) electrons. The van der Waals surface area contributed by atoms with Gasteiger partial charge in [-0.1, -0.05) is 31.2 Å². The van der Waals surface area contributed by atoms with Gasteiger partial charge < -0.3 is 4.90 Å². The Morgan fingerprint density at radius 2 is 1.95 bits per heavy atom. The van der Waals surface area contributed by atoms with E-state index in [-0.39, 0.29) is 11.7 Å². The summed E-state index contributed by atoms with van der Waals surface area (Å²) in [4.78, 5) is 14.7. The first kappa shape index (κ1) is 11.5. The number of nitrogens with zero attached hydrogens (tertiary/aromatic N) is 1. The first-order valence-electron chi connectivity index (χ1n) is 7.43. The van der Waals surface area contributed by atoms with Crippen LogP contribution in [0, 0.1) is 0 Å². The second-order valence-electron chi connectivity index (χ2n) is 6.17. The maximum atomic E-state index is 12.5. The minimum Gasteiger partial charge on any atom is -0.318 e. The lowest BCUT2D eigenvalue weighted by Crippen LogP contribution is -2.33. The van der Waals surface area contributed by atoms with Gasteiger partial charge >= 0.3 is 0 Å². The van der Waals surface area contributed by atoms with Gasteiger partial charge in [-0.05, 0) is 43.2 Å². The van der Waals surface area contributed by atoms with Crippen molar-refractivity contribution in [2.45, 2.75) is 56.8 Å². The van der Waals surface area contributed by atoms with Crippen LogP contribution in [0.2, 0.25) is 0 Å².